The smallest absolute Gasteiger partial charge is 0.164 e. The Morgan fingerprint density at radius 1 is 1.14 bits per heavy atom. The first kappa shape index (κ1) is 14.4. The molecule has 0 bridgehead atoms. The number of hydrogen-bond acceptors (Lipinski definition) is 1. The predicted molar refractivity (Wildman–Crippen MR) is 86.3 cm³/mol. The number of fused-ring (bicyclic) bond motifs is 1. The topological polar surface area (TPSA) is 12.0 Å². The quantitative estimate of drug-likeness (QED) is 0.761. The standard InChI is InChI=1S/C18H19ClFN/c1-18(2)11-10-12-6-3-4-7-13(12)17(18)21-15-9-5-8-14(19)16(15)20/h3-9,17,21H,10-11H2,1-2H3. The van der Waals surface area contributed by atoms with E-state index in [4.69, 9.17) is 11.6 Å². The van der Waals surface area contributed by atoms with Gasteiger partial charge in [-0.05, 0) is 41.5 Å². The molecule has 3 heteroatoms. The van der Waals surface area contributed by atoms with Gasteiger partial charge >= 0.3 is 0 Å². The number of aryl methyl sites for hydroxylation is 1. The average molecular weight is 304 g/mol. The van der Waals surface area contributed by atoms with Crippen LogP contribution in [0, 0.1) is 11.2 Å². The molecule has 1 unspecified atom stereocenters. The molecule has 0 fully saturated rings. The normalized spacial score (nSPS) is 19.9. The third kappa shape index (κ3) is 2.65. The Kier molecular flexibility index (Phi) is 3.66. The van der Waals surface area contributed by atoms with Gasteiger partial charge < -0.3 is 5.32 Å². The summed E-state index contributed by atoms with van der Waals surface area (Å²) in [6.45, 7) is 4.45. The molecule has 0 radical (unpaired) electrons. The highest BCUT2D eigenvalue weighted by Crippen LogP contribution is 2.45. The van der Waals surface area contributed by atoms with E-state index in [2.05, 4.69) is 37.4 Å². The zero-order valence-electron chi connectivity index (χ0n) is 12.3. The lowest BCUT2D eigenvalue weighted by molar-refractivity contribution is 0.265. The summed E-state index contributed by atoms with van der Waals surface area (Å²) in [6.07, 6.45) is 2.14. The van der Waals surface area contributed by atoms with Crippen LogP contribution in [0.5, 0.6) is 0 Å². The van der Waals surface area contributed by atoms with Crippen LogP contribution in [0.25, 0.3) is 0 Å². The molecule has 1 aliphatic carbocycles. The molecule has 0 saturated heterocycles. The third-order valence-corrected chi connectivity index (χ3v) is 4.73. The van der Waals surface area contributed by atoms with Crippen molar-refractivity contribution in [1.82, 2.24) is 0 Å². The molecule has 0 saturated carbocycles. The third-order valence-electron chi connectivity index (χ3n) is 4.44. The van der Waals surface area contributed by atoms with Crippen LogP contribution in [0.4, 0.5) is 10.1 Å². The van der Waals surface area contributed by atoms with Gasteiger partial charge in [-0.15, -0.1) is 0 Å². The highest BCUT2D eigenvalue weighted by molar-refractivity contribution is 6.31. The molecule has 1 atom stereocenters. The molecule has 2 aromatic carbocycles. The van der Waals surface area contributed by atoms with Gasteiger partial charge in [0.05, 0.1) is 16.8 Å². The molecule has 110 valence electrons. The lowest BCUT2D eigenvalue weighted by Crippen LogP contribution is -2.33. The Hall–Kier alpha value is -1.54. The first-order valence-corrected chi connectivity index (χ1v) is 7.65. The Balaban J connectivity index is 2.01. The highest BCUT2D eigenvalue weighted by atomic mass is 35.5. The van der Waals surface area contributed by atoms with Crippen molar-refractivity contribution in [2.45, 2.75) is 32.7 Å². The van der Waals surface area contributed by atoms with Gasteiger partial charge in [-0.25, -0.2) is 4.39 Å². The minimum absolute atomic E-state index is 0.0586. The second-order valence-corrected chi connectivity index (χ2v) is 6.77. The molecule has 3 rings (SSSR count). The summed E-state index contributed by atoms with van der Waals surface area (Å²) < 4.78 is 14.2. The van der Waals surface area contributed by atoms with Crippen LogP contribution in [0.2, 0.25) is 5.02 Å². The fourth-order valence-corrected chi connectivity index (χ4v) is 3.28. The van der Waals surface area contributed by atoms with E-state index in [1.165, 1.54) is 11.1 Å². The molecule has 0 aliphatic heterocycles. The SMILES string of the molecule is CC1(C)CCc2ccccc2C1Nc1cccc(Cl)c1F. The second kappa shape index (κ2) is 5.34. The van der Waals surface area contributed by atoms with Crippen molar-refractivity contribution in [2.75, 3.05) is 5.32 Å². The Labute approximate surface area is 130 Å². The van der Waals surface area contributed by atoms with Crippen LogP contribution in [0.3, 0.4) is 0 Å². The highest BCUT2D eigenvalue weighted by Gasteiger charge is 2.36. The van der Waals surface area contributed by atoms with E-state index < -0.39 is 0 Å². The van der Waals surface area contributed by atoms with Gasteiger partial charge in [0.1, 0.15) is 0 Å². The summed E-state index contributed by atoms with van der Waals surface area (Å²) in [5.41, 5.74) is 3.13. The maximum atomic E-state index is 14.2. The van der Waals surface area contributed by atoms with Gasteiger partial charge in [0, 0.05) is 0 Å². The molecule has 0 heterocycles. The Morgan fingerprint density at radius 2 is 1.90 bits per heavy atom. The van der Waals surface area contributed by atoms with Crippen LogP contribution >= 0.6 is 11.6 Å². The van der Waals surface area contributed by atoms with Crippen molar-refractivity contribution in [3.63, 3.8) is 0 Å². The minimum atomic E-state index is -0.377. The van der Waals surface area contributed by atoms with Crippen molar-refractivity contribution in [2.24, 2.45) is 5.41 Å². The zero-order valence-corrected chi connectivity index (χ0v) is 13.0. The van der Waals surface area contributed by atoms with Crippen molar-refractivity contribution in [3.05, 3.63) is 64.4 Å². The fourth-order valence-electron chi connectivity index (χ4n) is 3.11. The van der Waals surface area contributed by atoms with Crippen molar-refractivity contribution >= 4 is 17.3 Å². The van der Waals surface area contributed by atoms with Crippen LogP contribution in [-0.4, -0.2) is 0 Å². The molecular formula is C18H19ClFN. The first-order chi connectivity index (χ1) is 9.99. The Bertz CT molecular complexity index is 666. The van der Waals surface area contributed by atoms with Crippen molar-refractivity contribution < 1.29 is 4.39 Å². The van der Waals surface area contributed by atoms with E-state index in [9.17, 15) is 4.39 Å². The van der Waals surface area contributed by atoms with Gasteiger partial charge in [-0.2, -0.15) is 0 Å². The van der Waals surface area contributed by atoms with E-state index >= 15 is 0 Å². The van der Waals surface area contributed by atoms with E-state index in [0.717, 1.165) is 12.8 Å². The number of anilines is 1. The van der Waals surface area contributed by atoms with E-state index in [1.54, 1.807) is 18.2 Å². The molecule has 1 nitrogen and oxygen atoms in total. The minimum Gasteiger partial charge on any atom is -0.375 e. The average Bonchev–Trinajstić information content (AvgIpc) is 2.46. The molecule has 1 aliphatic rings. The summed E-state index contributed by atoms with van der Waals surface area (Å²) in [6, 6.07) is 13.6. The molecule has 1 N–H and O–H groups in total. The maximum Gasteiger partial charge on any atom is 0.164 e. The summed E-state index contributed by atoms with van der Waals surface area (Å²) in [7, 11) is 0. The van der Waals surface area contributed by atoms with Gasteiger partial charge in [0.2, 0.25) is 0 Å². The first-order valence-electron chi connectivity index (χ1n) is 7.27. The molecule has 2 aromatic rings. The van der Waals surface area contributed by atoms with Crippen LogP contribution in [0.1, 0.15) is 37.4 Å². The summed E-state index contributed by atoms with van der Waals surface area (Å²) in [4.78, 5) is 0. The van der Waals surface area contributed by atoms with Gasteiger partial charge in [0.15, 0.2) is 5.82 Å². The van der Waals surface area contributed by atoms with Crippen LogP contribution in [0.15, 0.2) is 42.5 Å². The monoisotopic (exact) mass is 303 g/mol. The maximum absolute atomic E-state index is 14.2. The van der Waals surface area contributed by atoms with Crippen LogP contribution in [-0.2, 0) is 6.42 Å². The number of benzene rings is 2. The van der Waals surface area contributed by atoms with Crippen LogP contribution < -0.4 is 5.32 Å². The van der Waals surface area contributed by atoms with Gasteiger partial charge in [0.25, 0.3) is 0 Å². The molecule has 0 spiro atoms. The second-order valence-electron chi connectivity index (χ2n) is 6.37. The van der Waals surface area contributed by atoms with Crippen molar-refractivity contribution in [3.8, 4) is 0 Å². The fraction of sp³-hybridized carbons (Fsp3) is 0.333. The number of hydrogen-bond donors (Lipinski definition) is 1. The summed E-state index contributed by atoms with van der Waals surface area (Å²) in [5, 5.41) is 3.53. The summed E-state index contributed by atoms with van der Waals surface area (Å²) >= 11 is 5.89. The largest absolute Gasteiger partial charge is 0.375 e. The van der Waals surface area contributed by atoms with E-state index in [1.807, 2.05) is 6.07 Å². The number of halogens is 2. The molecule has 0 amide bonds. The lowest BCUT2D eigenvalue weighted by atomic mass is 9.70. The van der Waals surface area contributed by atoms with Gasteiger partial charge in [-0.1, -0.05) is 55.8 Å². The number of rotatable bonds is 2. The Morgan fingerprint density at radius 3 is 2.71 bits per heavy atom. The lowest BCUT2D eigenvalue weighted by Gasteiger charge is -2.41. The van der Waals surface area contributed by atoms with E-state index in [0.29, 0.717) is 5.69 Å². The summed E-state index contributed by atoms with van der Waals surface area (Å²) in [5.74, 6) is -0.377. The molecular weight excluding hydrogens is 285 g/mol. The number of nitrogens with one attached hydrogen (secondary N) is 1. The van der Waals surface area contributed by atoms with E-state index in [-0.39, 0.29) is 22.3 Å². The zero-order chi connectivity index (χ0) is 15.0. The predicted octanol–water partition coefficient (Wildman–Crippen LogP) is 5.60. The molecule has 21 heavy (non-hydrogen) atoms. The van der Waals surface area contributed by atoms with Gasteiger partial charge in [-0.3, -0.25) is 0 Å². The van der Waals surface area contributed by atoms with Crippen molar-refractivity contribution in [1.29, 1.82) is 0 Å². The molecule has 0 aromatic heterocycles.